The van der Waals surface area contributed by atoms with Gasteiger partial charge in [0.25, 0.3) is 0 Å². The number of hydrogen-bond acceptors (Lipinski definition) is 2. The van der Waals surface area contributed by atoms with Crippen LogP contribution in [0.2, 0.25) is 0 Å². The zero-order chi connectivity index (χ0) is 12.7. The van der Waals surface area contributed by atoms with Crippen molar-refractivity contribution in [2.24, 2.45) is 0 Å². The van der Waals surface area contributed by atoms with Crippen molar-refractivity contribution >= 4 is 7.91 Å². The van der Waals surface area contributed by atoms with Crippen LogP contribution in [0.15, 0.2) is 0 Å². The number of hydrogen-bond donors (Lipinski definition) is 1. The molecule has 0 aromatic heterocycles. The van der Waals surface area contributed by atoms with Crippen molar-refractivity contribution in [3.63, 3.8) is 0 Å². The monoisotopic (exact) mass is 266 g/mol. The summed E-state index contributed by atoms with van der Waals surface area (Å²) in [4.78, 5) is 7.97. The summed E-state index contributed by atoms with van der Waals surface area (Å²) in [5.74, 6) is -14.5. The Labute approximate surface area is 83.9 Å². The lowest BCUT2D eigenvalue weighted by Crippen LogP contribution is -2.04. The lowest BCUT2D eigenvalue weighted by atomic mass is 10.3. The Morgan fingerprint density at radius 2 is 1.19 bits per heavy atom. The molecule has 0 bridgehead atoms. The van der Waals surface area contributed by atoms with Gasteiger partial charge in [-0.05, 0) is 0 Å². The highest BCUT2D eigenvalue weighted by Gasteiger charge is 2.32. The van der Waals surface area contributed by atoms with Crippen molar-refractivity contribution in [2.45, 2.75) is 0 Å². The van der Waals surface area contributed by atoms with Crippen LogP contribution in [-0.4, -0.2) is 4.89 Å². The molecule has 3 nitrogen and oxygen atoms in total. The average Bonchev–Trinajstić information content (AvgIpc) is 2.17. The van der Waals surface area contributed by atoms with Crippen LogP contribution >= 0.6 is 7.91 Å². The fourth-order valence-corrected chi connectivity index (χ4v) is 1.16. The molecule has 1 atom stereocenters. The third-order valence-corrected chi connectivity index (χ3v) is 1.78. The molecule has 10 heteroatoms. The van der Waals surface area contributed by atoms with Crippen LogP contribution < -0.4 is 4.52 Å². The first-order valence-corrected chi connectivity index (χ1v) is 4.85. The summed E-state index contributed by atoms with van der Waals surface area (Å²) in [5.41, 5.74) is 0. The van der Waals surface area contributed by atoms with Crippen LogP contribution in [-0.2, 0) is 4.57 Å². The first kappa shape index (κ1) is 12.9. The molecule has 1 aromatic carbocycles. The van der Waals surface area contributed by atoms with E-state index >= 15 is 0 Å². The van der Waals surface area contributed by atoms with E-state index in [4.69, 9.17) is 4.89 Å². The van der Waals surface area contributed by atoms with Gasteiger partial charge in [0.2, 0.25) is 34.8 Å². The maximum atomic E-state index is 12.7. The highest BCUT2D eigenvalue weighted by molar-refractivity contribution is 7.47. The summed E-state index contributed by atoms with van der Waals surface area (Å²) in [6.07, 6.45) is 0. The van der Waals surface area contributed by atoms with Crippen molar-refractivity contribution in [1.82, 2.24) is 0 Å². The third-order valence-electron chi connectivity index (χ3n) is 1.37. The van der Waals surface area contributed by atoms with Gasteiger partial charge in [0, 0.05) is 0 Å². The zero-order valence-electron chi connectivity index (χ0n) is 6.98. The second-order valence-electron chi connectivity index (χ2n) is 2.44. The third kappa shape index (κ3) is 2.30. The van der Waals surface area contributed by atoms with Crippen LogP contribution in [0.25, 0.3) is 0 Å². The van der Waals surface area contributed by atoms with E-state index in [0.717, 1.165) is 0 Å². The predicted molar refractivity (Wildman–Crippen MR) is 37.8 cm³/mol. The van der Waals surface area contributed by atoms with Crippen LogP contribution in [0.1, 0.15) is 0 Å². The fraction of sp³-hybridized carbons (Fsp3) is 0. The van der Waals surface area contributed by atoms with Gasteiger partial charge in [-0.15, -0.1) is 4.20 Å². The summed E-state index contributed by atoms with van der Waals surface area (Å²) < 4.78 is 87.8. The zero-order valence-corrected chi connectivity index (χ0v) is 7.87. The van der Waals surface area contributed by atoms with E-state index in [1.165, 1.54) is 0 Å². The summed E-state index contributed by atoms with van der Waals surface area (Å²) in [7, 11) is -5.93. The van der Waals surface area contributed by atoms with Crippen LogP contribution in [0.3, 0.4) is 0 Å². The molecule has 0 radical (unpaired) electrons. The van der Waals surface area contributed by atoms with Gasteiger partial charge in [0.15, 0.2) is 0 Å². The maximum absolute atomic E-state index is 12.7. The van der Waals surface area contributed by atoms with Gasteiger partial charge in [-0.3, -0.25) is 4.89 Å². The van der Waals surface area contributed by atoms with E-state index in [-0.39, 0.29) is 0 Å². The molecule has 1 aromatic rings. The summed E-state index contributed by atoms with van der Waals surface area (Å²) >= 11 is 0. The lowest BCUT2D eigenvalue weighted by molar-refractivity contribution is 0.296. The lowest BCUT2D eigenvalue weighted by Gasteiger charge is -2.08. The van der Waals surface area contributed by atoms with Crippen LogP contribution in [0, 0.1) is 29.1 Å². The Kier molecular flexibility index (Phi) is 3.20. The first-order valence-electron chi connectivity index (χ1n) is 3.38. The largest absolute Gasteiger partial charge is 0.567 e. The molecule has 1 rings (SSSR count). The summed E-state index contributed by atoms with van der Waals surface area (Å²) in [5, 5.41) is 0. The van der Waals surface area contributed by atoms with E-state index in [0.29, 0.717) is 0 Å². The molecule has 0 saturated carbocycles. The van der Waals surface area contributed by atoms with Crippen LogP contribution in [0.4, 0.5) is 26.1 Å². The molecule has 0 amide bonds. The van der Waals surface area contributed by atoms with E-state index in [2.05, 4.69) is 4.52 Å². The fourth-order valence-electron chi connectivity index (χ4n) is 0.778. The molecule has 0 saturated heterocycles. The molecule has 0 aliphatic rings. The van der Waals surface area contributed by atoms with E-state index in [9.17, 15) is 30.7 Å². The second-order valence-corrected chi connectivity index (χ2v) is 3.53. The SMILES string of the molecule is O=P(O)(F)Oc1c(F)c(F)c(F)c(F)c1F. The Morgan fingerprint density at radius 1 is 0.875 bits per heavy atom. The van der Waals surface area contributed by atoms with Crippen LogP contribution in [0.5, 0.6) is 5.75 Å². The van der Waals surface area contributed by atoms with Crippen molar-refractivity contribution < 1.29 is 40.1 Å². The summed E-state index contributed by atoms with van der Waals surface area (Å²) in [6.45, 7) is 0. The Hall–Kier alpha value is -1.21. The van der Waals surface area contributed by atoms with Gasteiger partial charge in [-0.25, -0.2) is 17.7 Å². The second kappa shape index (κ2) is 3.99. The summed E-state index contributed by atoms with van der Waals surface area (Å²) in [6, 6.07) is 0. The topological polar surface area (TPSA) is 46.5 Å². The molecular formula is C6HF6O3P. The standard InChI is InChI=1S/C6HF6O3P/c7-1-2(8)4(10)6(5(11)3(1)9)15-16(12,13)14/h(H,13,14). The smallest absolute Gasteiger partial charge is 0.394 e. The Balaban J connectivity index is 3.46. The van der Waals surface area contributed by atoms with Crippen molar-refractivity contribution in [1.29, 1.82) is 0 Å². The molecule has 90 valence electrons. The maximum Gasteiger partial charge on any atom is 0.567 e. The molecule has 0 aliphatic carbocycles. The predicted octanol–water partition coefficient (Wildman–Crippen LogP) is 2.83. The normalized spacial score (nSPS) is 14.7. The minimum Gasteiger partial charge on any atom is -0.394 e. The number of halogens is 6. The van der Waals surface area contributed by atoms with E-state index < -0.39 is 42.7 Å². The van der Waals surface area contributed by atoms with Gasteiger partial charge in [0.1, 0.15) is 0 Å². The molecule has 1 N–H and O–H groups in total. The van der Waals surface area contributed by atoms with Gasteiger partial charge in [-0.1, -0.05) is 0 Å². The van der Waals surface area contributed by atoms with E-state index in [1.54, 1.807) is 0 Å². The molecule has 0 spiro atoms. The Bertz CT molecular complexity index is 455. The minimum atomic E-state index is -5.93. The Morgan fingerprint density at radius 3 is 1.50 bits per heavy atom. The molecular weight excluding hydrogens is 265 g/mol. The number of benzene rings is 1. The van der Waals surface area contributed by atoms with Gasteiger partial charge < -0.3 is 4.52 Å². The van der Waals surface area contributed by atoms with Crippen molar-refractivity contribution in [3.8, 4) is 5.75 Å². The van der Waals surface area contributed by atoms with Crippen molar-refractivity contribution in [3.05, 3.63) is 29.1 Å². The number of rotatable bonds is 2. The molecule has 0 fully saturated rings. The molecule has 0 aliphatic heterocycles. The van der Waals surface area contributed by atoms with Gasteiger partial charge in [-0.2, -0.15) is 8.78 Å². The minimum absolute atomic E-state index is 2.15. The molecule has 16 heavy (non-hydrogen) atoms. The van der Waals surface area contributed by atoms with Crippen molar-refractivity contribution in [2.75, 3.05) is 0 Å². The molecule has 0 heterocycles. The van der Waals surface area contributed by atoms with E-state index in [1.807, 2.05) is 0 Å². The average molecular weight is 266 g/mol. The first-order chi connectivity index (χ1) is 7.15. The highest BCUT2D eigenvalue weighted by atomic mass is 31.2. The van der Waals surface area contributed by atoms with Gasteiger partial charge in [0.05, 0.1) is 0 Å². The van der Waals surface area contributed by atoms with Gasteiger partial charge >= 0.3 is 7.91 Å². The molecule has 1 unspecified atom stereocenters. The highest BCUT2D eigenvalue weighted by Crippen LogP contribution is 2.46. The quantitative estimate of drug-likeness (QED) is 0.387.